The molecule has 0 aliphatic rings. The molecule has 2 amide bonds. The average Bonchev–Trinajstić information content (AvgIpc) is 3.32. The van der Waals surface area contributed by atoms with Crippen molar-refractivity contribution < 1.29 is 14.7 Å². The Bertz CT molecular complexity index is 1120. The van der Waals surface area contributed by atoms with Crippen molar-refractivity contribution in [3.05, 3.63) is 88.9 Å². The molecule has 31 heavy (non-hydrogen) atoms. The summed E-state index contributed by atoms with van der Waals surface area (Å²) in [6, 6.07) is 18.4. The Morgan fingerprint density at radius 2 is 1.94 bits per heavy atom. The summed E-state index contributed by atoms with van der Waals surface area (Å²) in [7, 11) is 0. The van der Waals surface area contributed by atoms with Crippen LogP contribution >= 0.6 is 11.3 Å². The Hall–Kier alpha value is -3.71. The number of benzene rings is 2. The van der Waals surface area contributed by atoms with Crippen LogP contribution in [0, 0.1) is 0 Å². The zero-order valence-electron chi connectivity index (χ0n) is 17.0. The summed E-state index contributed by atoms with van der Waals surface area (Å²) in [5.74, 6) is 0.227. The van der Waals surface area contributed by atoms with Gasteiger partial charge in [-0.05, 0) is 54.6 Å². The molecule has 7 heteroatoms. The Balaban J connectivity index is 0.000000185. The molecule has 2 aromatic carbocycles. The molecule has 0 aliphatic heterocycles. The van der Waals surface area contributed by atoms with Crippen molar-refractivity contribution in [1.29, 1.82) is 0 Å². The quantitative estimate of drug-likeness (QED) is 0.387. The van der Waals surface area contributed by atoms with E-state index in [-0.39, 0.29) is 17.7 Å². The van der Waals surface area contributed by atoms with E-state index in [0.29, 0.717) is 6.41 Å². The lowest BCUT2D eigenvalue weighted by atomic mass is 10.1. The van der Waals surface area contributed by atoms with Crippen LogP contribution in [0.5, 0.6) is 5.75 Å². The number of nitrogens with one attached hydrogen (secondary N) is 2. The third-order valence-corrected chi connectivity index (χ3v) is 5.36. The van der Waals surface area contributed by atoms with E-state index in [0.717, 1.165) is 33.3 Å². The molecule has 4 aromatic rings. The predicted octanol–water partition coefficient (Wildman–Crippen LogP) is 4.62. The van der Waals surface area contributed by atoms with E-state index in [1.54, 1.807) is 24.5 Å². The molecule has 2 heterocycles. The average molecular weight is 434 g/mol. The van der Waals surface area contributed by atoms with Gasteiger partial charge < -0.3 is 15.7 Å². The normalized spacial score (nSPS) is 11.1. The largest absolute Gasteiger partial charge is 0.508 e. The molecule has 0 bridgehead atoms. The molecule has 0 fully saturated rings. The first-order chi connectivity index (χ1) is 15.1. The molecule has 1 unspecified atom stereocenters. The number of thiophene rings is 1. The Morgan fingerprint density at radius 3 is 2.65 bits per heavy atom. The van der Waals surface area contributed by atoms with Crippen LogP contribution < -0.4 is 10.6 Å². The van der Waals surface area contributed by atoms with Crippen molar-refractivity contribution in [2.75, 3.05) is 5.32 Å². The first-order valence-corrected chi connectivity index (χ1v) is 10.6. The second-order valence-corrected chi connectivity index (χ2v) is 7.83. The van der Waals surface area contributed by atoms with Gasteiger partial charge in [-0.15, -0.1) is 11.3 Å². The minimum Gasteiger partial charge on any atom is -0.508 e. The van der Waals surface area contributed by atoms with Crippen LogP contribution in [0.3, 0.4) is 0 Å². The number of aromatic hydroxyl groups is 1. The number of fused-ring (bicyclic) bond motifs is 1. The molecule has 0 radical (unpaired) electrons. The summed E-state index contributed by atoms with van der Waals surface area (Å²) in [5.41, 5.74) is 1.90. The van der Waals surface area contributed by atoms with Crippen LogP contribution in [0.4, 0.5) is 5.69 Å². The minimum absolute atomic E-state index is 0.0312. The molecule has 0 spiro atoms. The van der Waals surface area contributed by atoms with Crippen LogP contribution in [0.2, 0.25) is 0 Å². The summed E-state index contributed by atoms with van der Waals surface area (Å²) < 4.78 is 0. The molecule has 3 N–H and O–H groups in total. The number of nitrogens with zero attached hydrogens (tertiary/aromatic N) is 1. The fraction of sp³-hybridized carbons (Fsp3) is 0.125. The van der Waals surface area contributed by atoms with E-state index < -0.39 is 0 Å². The Morgan fingerprint density at radius 1 is 1.13 bits per heavy atom. The van der Waals surface area contributed by atoms with Crippen LogP contribution in [0.15, 0.2) is 78.4 Å². The van der Waals surface area contributed by atoms with Gasteiger partial charge in [0.1, 0.15) is 5.75 Å². The van der Waals surface area contributed by atoms with Crippen molar-refractivity contribution in [2.45, 2.75) is 19.4 Å². The highest BCUT2D eigenvalue weighted by Gasteiger charge is 2.10. The van der Waals surface area contributed by atoms with Gasteiger partial charge in [0.2, 0.25) is 6.41 Å². The van der Waals surface area contributed by atoms with Crippen LogP contribution in [0.25, 0.3) is 10.8 Å². The van der Waals surface area contributed by atoms with Gasteiger partial charge in [0.25, 0.3) is 5.91 Å². The maximum atomic E-state index is 11.8. The zero-order valence-corrected chi connectivity index (χ0v) is 17.8. The van der Waals surface area contributed by atoms with Crippen molar-refractivity contribution in [3.63, 3.8) is 0 Å². The van der Waals surface area contributed by atoms with Gasteiger partial charge in [-0.1, -0.05) is 30.3 Å². The number of carbonyl (C=O) groups is 2. The number of anilines is 1. The smallest absolute Gasteiger partial charge is 0.261 e. The maximum absolute atomic E-state index is 11.8. The lowest BCUT2D eigenvalue weighted by Gasteiger charge is -2.13. The number of hydrogen-bond acceptors (Lipinski definition) is 5. The van der Waals surface area contributed by atoms with Gasteiger partial charge in [0, 0.05) is 34.9 Å². The fourth-order valence-corrected chi connectivity index (χ4v) is 3.68. The lowest BCUT2D eigenvalue weighted by Crippen LogP contribution is -2.33. The first kappa shape index (κ1) is 22.0. The lowest BCUT2D eigenvalue weighted by molar-refractivity contribution is -0.105. The molecule has 2 aromatic heterocycles. The summed E-state index contributed by atoms with van der Waals surface area (Å²) in [4.78, 5) is 26.8. The van der Waals surface area contributed by atoms with E-state index >= 15 is 0 Å². The Kier molecular flexibility index (Phi) is 7.73. The van der Waals surface area contributed by atoms with E-state index in [1.165, 1.54) is 11.3 Å². The highest BCUT2D eigenvalue weighted by molar-refractivity contribution is 7.12. The first-order valence-electron chi connectivity index (χ1n) is 9.72. The van der Waals surface area contributed by atoms with Gasteiger partial charge in [0.15, 0.2) is 0 Å². The molecule has 158 valence electrons. The zero-order chi connectivity index (χ0) is 22.1. The van der Waals surface area contributed by atoms with Gasteiger partial charge in [-0.25, -0.2) is 0 Å². The molecule has 6 nitrogen and oxygen atoms in total. The maximum Gasteiger partial charge on any atom is 0.261 e. The summed E-state index contributed by atoms with van der Waals surface area (Å²) in [5, 5.41) is 18.7. The highest BCUT2D eigenvalue weighted by atomic mass is 32.1. The Labute approximate surface area is 184 Å². The number of phenols is 1. The number of amides is 2. The molecule has 0 saturated heterocycles. The van der Waals surface area contributed by atoms with Crippen molar-refractivity contribution in [3.8, 4) is 5.75 Å². The number of phenolic OH excluding ortho intramolecular Hbond substituents is 1. The number of aromatic nitrogens is 1. The van der Waals surface area contributed by atoms with E-state index in [2.05, 4.69) is 15.6 Å². The molecule has 1 atom stereocenters. The third-order valence-electron chi connectivity index (χ3n) is 4.50. The molecule has 4 rings (SSSR count). The standard InChI is InChI=1S/C14H15NO2S.C10H8N2O/c1-10(9-11-4-6-12(16)7-5-11)15-14(17)13-3-2-8-18-13;13-7-12-10-3-1-2-8-6-11-5-4-9(8)10/h2-8,10,16H,9H2,1H3,(H,15,17);1-7H,(H,12,13). The SMILES string of the molecule is CC(Cc1ccc(O)cc1)NC(=O)c1cccs1.O=CNc1cccc2cnccc12. The number of pyridine rings is 1. The topological polar surface area (TPSA) is 91.3 Å². The number of rotatable bonds is 6. The van der Waals surface area contributed by atoms with E-state index in [1.807, 2.05) is 60.8 Å². The van der Waals surface area contributed by atoms with Gasteiger partial charge in [0.05, 0.1) is 4.88 Å². The van der Waals surface area contributed by atoms with E-state index in [4.69, 9.17) is 0 Å². The van der Waals surface area contributed by atoms with Gasteiger partial charge in [-0.3, -0.25) is 14.6 Å². The summed E-state index contributed by atoms with van der Waals surface area (Å²) >= 11 is 1.44. The summed E-state index contributed by atoms with van der Waals surface area (Å²) in [6.45, 7) is 1.97. The minimum atomic E-state index is -0.0312. The second-order valence-electron chi connectivity index (χ2n) is 6.89. The number of hydrogen-bond donors (Lipinski definition) is 3. The van der Waals surface area contributed by atoms with Gasteiger partial charge in [-0.2, -0.15) is 0 Å². The van der Waals surface area contributed by atoms with Crippen LogP contribution in [-0.2, 0) is 11.2 Å². The molecular formula is C24H23N3O3S. The van der Waals surface area contributed by atoms with Crippen molar-refractivity contribution >= 4 is 40.1 Å². The molecular weight excluding hydrogens is 410 g/mol. The molecule has 0 aliphatic carbocycles. The van der Waals surface area contributed by atoms with Crippen molar-refractivity contribution in [2.24, 2.45) is 0 Å². The second kappa shape index (κ2) is 10.9. The van der Waals surface area contributed by atoms with Gasteiger partial charge >= 0.3 is 0 Å². The fourth-order valence-electron chi connectivity index (χ4n) is 3.05. The third kappa shape index (κ3) is 6.38. The highest BCUT2D eigenvalue weighted by Crippen LogP contribution is 2.21. The molecule has 0 saturated carbocycles. The van der Waals surface area contributed by atoms with Crippen LogP contribution in [-0.4, -0.2) is 28.4 Å². The van der Waals surface area contributed by atoms with Crippen LogP contribution in [0.1, 0.15) is 22.2 Å². The summed E-state index contributed by atoms with van der Waals surface area (Å²) in [6.07, 6.45) is 4.90. The van der Waals surface area contributed by atoms with E-state index in [9.17, 15) is 14.7 Å². The monoisotopic (exact) mass is 433 g/mol. The number of carbonyl (C=O) groups excluding carboxylic acids is 2. The van der Waals surface area contributed by atoms with Crippen molar-refractivity contribution in [1.82, 2.24) is 10.3 Å². The predicted molar refractivity (Wildman–Crippen MR) is 124 cm³/mol.